The van der Waals surface area contributed by atoms with Crippen molar-refractivity contribution in [1.29, 1.82) is 0 Å². The largest absolute Gasteiger partial charge is 0.388 e. The second kappa shape index (κ2) is 7.25. The smallest absolute Gasteiger partial charge is 0.0787 e. The van der Waals surface area contributed by atoms with E-state index < -0.39 is 0 Å². The molecule has 0 radical (unpaired) electrons. The highest BCUT2D eigenvalue weighted by Gasteiger charge is 2.05. The minimum Gasteiger partial charge on any atom is -0.388 e. The van der Waals surface area contributed by atoms with Crippen LogP contribution in [-0.2, 0) is 6.42 Å². The zero-order valence-electron chi connectivity index (χ0n) is 12.5. The molecule has 1 unspecified atom stereocenters. The van der Waals surface area contributed by atoms with E-state index in [4.69, 9.17) is 0 Å². The quantitative estimate of drug-likeness (QED) is 0.769. The molecule has 0 bridgehead atoms. The summed E-state index contributed by atoms with van der Waals surface area (Å²) in [7, 11) is 0. The lowest BCUT2D eigenvalue weighted by Gasteiger charge is -2.09. The van der Waals surface area contributed by atoms with E-state index >= 15 is 0 Å². The molecule has 0 fully saturated rings. The highest BCUT2D eigenvalue weighted by atomic mass is 16.3. The average molecular weight is 268 g/mol. The second-order valence-electron chi connectivity index (χ2n) is 5.35. The summed E-state index contributed by atoms with van der Waals surface area (Å²) in [6.45, 7) is 4.22. The third-order valence-electron chi connectivity index (χ3n) is 3.79. The van der Waals surface area contributed by atoms with Crippen LogP contribution < -0.4 is 0 Å². The topological polar surface area (TPSA) is 20.2 Å². The van der Waals surface area contributed by atoms with Gasteiger partial charge < -0.3 is 5.11 Å². The van der Waals surface area contributed by atoms with Crippen LogP contribution in [0, 0.1) is 0 Å². The lowest BCUT2D eigenvalue weighted by Crippen LogP contribution is -1.94. The van der Waals surface area contributed by atoms with Crippen LogP contribution in [0.15, 0.2) is 48.5 Å². The third-order valence-corrected chi connectivity index (χ3v) is 3.79. The normalized spacial score (nSPS) is 12.3. The van der Waals surface area contributed by atoms with Gasteiger partial charge in [0.05, 0.1) is 6.10 Å². The summed E-state index contributed by atoms with van der Waals surface area (Å²) >= 11 is 0. The summed E-state index contributed by atoms with van der Waals surface area (Å²) in [5.74, 6) is 0. The second-order valence-corrected chi connectivity index (χ2v) is 5.35. The Morgan fingerprint density at radius 1 is 0.850 bits per heavy atom. The van der Waals surface area contributed by atoms with E-state index in [1.54, 1.807) is 0 Å². The zero-order valence-corrected chi connectivity index (χ0v) is 12.5. The lowest BCUT2D eigenvalue weighted by molar-refractivity contribution is 0.173. The maximum absolute atomic E-state index is 9.81. The molecule has 106 valence electrons. The van der Waals surface area contributed by atoms with Crippen LogP contribution in [0.5, 0.6) is 0 Å². The highest BCUT2D eigenvalue weighted by molar-refractivity contribution is 5.64. The van der Waals surface area contributed by atoms with Crippen LogP contribution in [0.1, 0.15) is 50.3 Å². The molecule has 2 rings (SSSR count). The Morgan fingerprint density at radius 2 is 1.40 bits per heavy atom. The predicted octanol–water partition coefficient (Wildman–Crippen LogP) is 5.14. The van der Waals surface area contributed by atoms with Crippen LogP contribution in [0.4, 0.5) is 0 Å². The standard InChI is InChI=1S/C19H24O/c1-3-5-6-15-7-9-16(10-8-15)17-11-13-18(14-12-17)19(20)4-2/h7-14,19-20H,3-6H2,1-2H3. The molecule has 1 atom stereocenters. The Balaban J connectivity index is 2.11. The Kier molecular flexibility index (Phi) is 5.37. The maximum Gasteiger partial charge on any atom is 0.0787 e. The van der Waals surface area contributed by atoms with E-state index in [0.29, 0.717) is 0 Å². The molecule has 1 N–H and O–H groups in total. The van der Waals surface area contributed by atoms with Crippen LogP contribution in [0.3, 0.4) is 0 Å². The number of hydrogen-bond donors (Lipinski definition) is 1. The number of benzene rings is 2. The van der Waals surface area contributed by atoms with Crippen molar-refractivity contribution in [2.24, 2.45) is 0 Å². The van der Waals surface area contributed by atoms with E-state index in [1.807, 2.05) is 19.1 Å². The van der Waals surface area contributed by atoms with Crippen molar-refractivity contribution in [1.82, 2.24) is 0 Å². The summed E-state index contributed by atoms with van der Waals surface area (Å²) in [5, 5.41) is 9.81. The van der Waals surface area contributed by atoms with Gasteiger partial charge in [0.2, 0.25) is 0 Å². The summed E-state index contributed by atoms with van der Waals surface area (Å²) in [6, 6.07) is 17.1. The molecule has 1 nitrogen and oxygen atoms in total. The van der Waals surface area contributed by atoms with E-state index in [0.717, 1.165) is 12.0 Å². The van der Waals surface area contributed by atoms with Crippen molar-refractivity contribution in [2.45, 2.75) is 45.6 Å². The van der Waals surface area contributed by atoms with Gasteiger partial charge >= 0.3 is 0 Å². The van der Waals surface area contributed by atoms with Gasteiger partial charge in [0.1, 0.15) is 0 Å². The first kappa shape index (κ1) is 14.8. The number of aryl methyl sites for hydroxylation is 1. The summed E-state index contributed by atoms with van der Waals surface area (Å²) in [4.78, 5) is 0. The van der Waals surface area contributed by atoms with E-state index in [-0.39, 0.29) is 6.10 Å². The van der Waals surface area contributed by atoms with Gasteiger partial charge in [0.25, 0.3) is 0 Å². The molecule has 20 heavy (non-hydrogen) atoms. The number of rotatable bonds is 6. The van der Waals surface area contributed by atoms with Crippen LogP contribution >= 0.6 is 0 Å². The maximum atomic E-state index is 9.81. The number of aliphatic hydroxyl groups excluding tert-OH is 1. The Bertz CT molecular complexity index is 510. The minimum atomic E-state index is -0.347. The van der Waals surface area contributed by atoms with Crippen molar-refractivity contribution in [3.8, 4) is 11.1 Å². The van der Waals surface area contributed by atoms with Crippen LogP contribution in [-0.4, -0.2) is 5.11 Å². The number of aliphatic hydroxyl groups is 1. The minimum absolute atomic E-state index is 0.347. The van der Waals surface area contributed by atoms with Gasteiger partial charge in [0, 0.05) is 0 Å². The van der Waals surface area contributed by atoms with Crippen molar-refractivity contribution in [3.63, 3.8) is 0 Å². The Hall–Kier alpha value is -1.60. The molecular weight excluding hydrogens is 244 g/mol. The number of unbranched alkanes of at least 4 members (excludes halogenated alkanes) is 1. The van der Waals surface area contributed by atoms with Gasteiger partial charge in [-0.1, -0.05) is 68.8 Å². The highest BCUT2D eigenvalue weighted by Crippen LogP contribution is 2.23. The fourth-order valence-corrected chi connectivity index (χ4v) is 2.38. The third kappa shape index (κ3) is 3.71. The van der Waals surface area contributed by atoms with Crippen molar-refractivity contribution in [3.05, 3.63) is 59.7 Å². The molecule has 0 aliphatic rings. The molecular formula is C19H24O. The molecule has 0 saturated heterocycles. The van der Waals surface area contributed by atoms with Gasteiger partial charge in [-0.2, -0.15) is 0 Å². The summed E-state index contributed by atoms with van der Waals surface area (Å²) in [6.07, 6.45) is 4.07. The first-order valence-electron chi connectivity index (χ1n) is 7.62. The van der Waals surface area contributed by atoms with Crippen LogP contribution in [0.25, 0.3) is 11.1 Å². The predicted molar refractivity (Wildman–Crippen MR) is 85.7 cm³/mol. The van der Waals surface area contributed by atoms with Crippen LogP contribution in [0.2, 0.25) is 0 Å². The van der Waals surface area contributed by atoms with Crippen molar-refractivity contribution < 1.29 is 5.11 Å². The molecule has 2 aromatic rings. The van der Waals surface area contributed by atoms with Gasteiger partial charge in [-0.15, -0.1) is 0 Å². The molecule has 2 aromatic carbocycles. The molecule has 0 spiro atoms. The molecule has 0 amide bonds. The van der Waals surface area contributed by atoms with E-state index in [2.05, 4.69) is 43.3 Å². The molecule has 0 aliphatic heterocycles. The van der Waals surface area contributed by atoms with Gasteiger partial charge in [0.15, 0.2) is 0 Å². The van der Waals surface area contributed by atoms with E-state index in [9.17, 15) is 5.11 Å². The fraction of sp³-hybridized carbons (Fsp3) is 0.368. The average Bonchev–Trinajstić information content (AvgIpc) is 2.53. The molecule has 0 aromatic heterocycles. The van der Waals surface area contributed by atoms with Gasteiger partial charge in [-0.25, -0.2) is 0 Å². The molecule has 0 aliphatic carbocycles. The zero-order chi connectivity index (χ0) is 14.4. The Morgan fingerprint density at radius 3 is 1.90 bits per heavy atom. The van der Waals surface area contributed by atoms with Gasteiger partial charge in [-0.05, 0) is 41.5 Å². The van der Waals surface area contributed by atoms with E-state index in [1.165, 1.54) is 36.0 Å². The van der Waals surface area contributed by atoms with Crippen molar-refractivity contribution in [2.75, 3.05) is 0 Å². The first-order chi connectivity index (χ1) is 9.74. The lowest BCUT2D eigenvalue weighted by atomic mass is 9.99. The number of hydrogen-bond acceptors (Lipinski definition) is 1. The first-order valence-corrected chi connectivity index (χ1v) is 7.62. The monoisotopic (exact) mass is 268 g/mol. The fourth-order valence-electron chi connectivity index (χ4n) is 2.38. The molecule has 0 heterocycles. The SMILES string of the molecule is CCCCc1ccc(-c2ccc(C(O)CC)cc2)cc1. The van der Waals surface area contributed by atoms with Gasteiger partial charge in [-0.3, -0.25) is 0 Å². The Labute approximate surface area is 122 Å². The molecule has 0 saturated carbocycles. The molecule has 1 heteroatoms. The summed E-state index contributed by atoms with van der Waals surface area (Å²) < 4.78 is 0. The summed E-state index contributed by atoms with van der Waals surface area (Å²) in [5.41, 5.74) is 4.85. The van der Waals surface area contributed by atoms with Crippen molar-refractivity contribution >= 4 is 0 Å².